The van der Waals surface area contributed by atoms with E-state index in [2.05, 4.69) is 16.0 Å². The van der Waals surface area contributed by atoms with E-state index in [1.54, 1.807) is 42.5 Å². The van der Waals surface area contributed by atoms with E-state index in [1.165, 1.54) is 6.07 Å². The molecule has 7 nitrogen and oxygen atoms in total. The molecule has 3 aromatic carbocycles. The van der Waals surface area contributed by atoms with Crippen LogP contribution in [0.5, 0.6) is 11.5 Å². The molecule has 3 aromatic rings. The predicted octanol–water partition coefficient (Wildman–Crippen LogP) is 4.97. The summed E-state index contributed by atoms with van der Waals surface area (Å²) in [5.74, 6) is 0.491. The average Bonchev–Trinajstić information content (AvgIpc) is 3.18. The Bertz CT molecular complexity index is 1070. The molecular formula is C21H16ClN3O4. The summed E-state index contributed by atoms with van der Waals surface area (Å²) < 4.78 is 10.5. The summed E-state index contributed by atoms with van der Waals surface area (Å²) in [4.78, 5) is 24.7. The maximum Gasteiger partial charge on any atom is 0.323 e. The van der Waals surface area contributed by atoms with E-state index < -0.39 is 0 Å². The van der Waals surface area contributed by atoms with Crippen LogP contribution in [0, 0.1) is 0 Å². The van der Waals surface area contributed by atoms with Gasteiger partial charge in [0, 0.05) is 22.6 Å². The van der Waals surface area contributed by atoms with Crippen LogP contribution < -0.4 is 25.4 Å². The molecule has 0 radical (unpaired) electrons. The Hall–Kier alpha value is -3.71. The molecule has 0 unspecified atom stereocenters. The first-order valence-electron chi connectivity index (χ1n) is 8.72. The first-order chi connectivity index (χ1) is 14.1. The van der Waals surface area contributed by atoms with Crippen molar-refractivity contribution >= 4 is 40.6 Å². The van der Waals surface area contributed by atoms with Gasteiger partial charge in [-0.2, -0.15) is 0 Å². The van der Waals surface area contributed by atoms with Gasteiger partial charge in [-0.1, -0.05) is 35.9 Å². The number of nitrogens with one attached hydrogen (secondary N) is 3. The van der Waals surface area contributed by atoms with Crippen LogP contribution in [0.4, 0.5) is 21.9 Å². The van der Waals surface area contributed by atoms with Gasteiger partial charge >= 0.3 is 6.03 Å². The number of carbonyl (C=O) groups is 2. The Kier molecular flexibility index (Phi) is 5.22. The van der Waals surface area contributed by atoms with E-state index in [0.29, 0.717) is 39.1 Å². The van der Waals surface area contributed by atoms with Gasteiger partial charge < -0.3 is 25.4 Å². The average molecular weight is 410 g/mol. The summed E-state index contributed by atoms with van der Waals surface area (Å²) in [5, 5.41) is 8.53. The standard InChI is InChI=1S/C21H16ClN3O4/c22-17-9-13(10-18-19(17)29-12-28-18)20(26)23-15-7-4-8-16(11-15)25-21(27)24-14-5-2-1-3-6-14/h1-11H,12H2,(H,23,26)(H2,24,25,27). The van der Waals surface area contributed by atoms with Crippen molar-refractivity contribution in [3.8, 4) is 11.5 Å². The minimum Gasteiger partial charge on any atom is -0.454 e. The van der Waals surface area contributed by atoms with Gasteiger partial charge in [-0.3, -0.25) is 4.79 Å². The lowest BCUT2D eigenvalue weighted by Gasteiger charge is -2.10. The highest BCUT2D eigenvalue weighted by atomic mass is 35.5. The molecule has 0 aromatic heterocycles. The third-order valence-corrected chi connectivity index (χ3v) is 4.38. The Morgan fingerprint density at radius 3 is 2.28 bits per heavy atom. The second-order valence-electron chi connectivity index (χ2n) is 6.17. The monoisotopic (exact) mass is 409 g/mol. The van der Waals surface area contributed by atoms with Gasteiger partial charge in [-0.15, -0.1) is 0 Å². The van der Waals surface area contributed by atoms with Crippen molar-refractivity contribution in [2.75, 3.05) is 22.7 Å². The normalized spacial score (nSPS) is 11.6. The maximum atomic E-state index is 12.6. The lowest BCUT2D eigenvalue weighted by Crippen LogP contribution is -2.19. The second-order valence-corrected chi connectivity index (χ2v) is 6.58. The van der Waals surface area contributed by atoms with Crippen molar-refractivity contribution in [3.63, 3.8) is 0 Å². The Labute approximate surface area is 171 Å². The zero-order chi connectivity index (χ0) is 20.2. The molecule has 0 saturated carbocycles. The SMILES string of the molecule is O=C(Nc1ccccc1)Nc1cccc(NC(=O)c2cc(Cl)c3c(c2)OCO3)c1. The second kappa shape index (κ2) is 8.12. The molecule has 1 aliphatic heterocycles. The summed E-state index contributed by atoms with van der Waals surface area (Å²) >= 11 is 6.13. The number of benzene rings is 3. The van der Waals surface area contributed by atoms with Gasteiger partial charge in [0.05, 0.1) is 5.02 Å². The van der Waals surface area contributed by atoms with Crippen molar-refractivity contribution in [1.82, 2.24) is 0 Å². The van der Waals surface area contributed by atoms with E-state index in [1.807, 2.05) is 18.2 Å². The minimum absolute atomic E-state index is 0.0683. The molecule has 0 saturated heterocycles. The van der Waals surface area contributed by atoms with E-state index >= 15 is 0 Å². The van der Waals surface area contributed by atoms with Crippen LogP contribution in [-0.4, -0.2) is 18.7 Å². The molecule has 146 valence electrons. The lowest BCUT2D eigenvalue weighted by molar-refractivity contribution is 0.102. The number of carbonyl (C=O) groups excluding carboxylic acids is 2. The molecule has 4 rings (SSSR count). The smallest absolute Gasteiger partial charge is 0.323 e. The molecule has 0 atom stereocenters. The number of hydrogen-bond donors (Lipinski definition) is 3. The van der Waals surface area contributed by atoms with Crippen LogP contribution >= 0.6 is 11.6 Å². The zero-order valence-electron chi connectivity index (χ0n) is 15.1. The van der Waals surface area contributed by atoms with Crippen LogP contribution in [-0.2, 0) is 0 Å². The van der Waals surface area contributed by atoms with Crippen molar-refractivity contribution in [1.29, 1.82) is 0 Å². The zero-order valence-corrected chi connectivity index (χ0v) is 15.8. The topological polar surface area (TPSA) is 88.7 Å². The molecule has 1 heterocycles. The van der Waals surface area contributed by atoms with Crippen molar-refractivity contribution in [2.24, 2.45) is 0 Å². The van der Waals surface area contributed by atoms with Gasteiger partial charge in [-0.05, 0) is 42.5 Å². The van der Waals surface area contributed by atoms with Crippen LogP contribution in [0.2, 0.25) is 5.02 Å². The number of anilines is 3. The fraction of sp³-hybridized carbons (Fsp3) is 0.0476. The van der Waals surface area contributed by atoms with Crippen LogP contribution in [0.3, 0.4) is 0 Å². The Morgan fingerprint density at radius 2 is 1.48 bits per heavy atom. The maximum absolute atomic E-state index is 12.6. The number of hydrogen-bond acceptors (Lipinski definition) is 4. The van der Waals surface area contributed by atoms with E-state index in [-0.39, 0.29) is 18.7 Å². The first kappa shape index (κ1) is 18.6. The number of urea groups is 1. The minimum atomic E-state index is -0.387. The Morgan fingerprint density at radius 1 is 0.793 bits per heavy atom. The summed E-state index contributed by atoms with van der Waals surface area (Å²) in [5.41, 5.74) is 2.05. The fourth-order valence-corrected chi connectivity index (χ4v) is 3.06. The quantitative estimate of drug-likeness (QED) is 0.568. The predicted molar refractivity (Wildman–Crippen MR) is 111 cm³/mol. The summed E-state index contributed by atoms with van der Waals surface area (Å²) in [6.07, 6.45) is 0. The summed E-state index contributed by atoms with van der Waals surface area (Å²) in [6, 6.07) is 18.6. The third-order valence-electron chi connectivity index (χ3n) is 4.10. The van der Waals surface area contributed by atoms with Gasteiger partial charge in [-0.25, -0.2) is 4.79 Å². The van der Waals surface area contributed by atoms with Crippen LogP contribution in [0.15, 0.2) is 66.7 Å². The highest BCUT2D eigenvalue weighted by Crippen LogP contribution is 2.39. The highest BCUT2D eigenvalue weighted by Gasteiger charge is 2.20. The molecule has 3 N–H and O–H groups in total. The van der Waals surface area contributed by atoms with E-state index in [4.69, 9.17) is 21.1 Å². The fourth-order valence-electron chi connectivity index (χ4n) is 2.79. The van der Waals surface area contributed by atoms with Gasteiger partial charge in [0.1, 0.15) is 0 Å². The number of rotatable bonds is 4. The highest BCUT2D eigenvalue weighted by molar-refractivity contribution is 6.32. The largest absolute Gasteiger partial charge is 0.454 e. The number of para-hydroxylation sites is 1. The summed E-state index contributed by atoms with van der Waals surface area (Å²) in [6.45, 7) is 0.0683. The molecule has 8 heteroatoms. The van der Waals surface area contributed by atoms with Gasteiger partial charge in [0.25, 0.3) is 5.91 Å². The number of ether oxygens (including phenoxy) is 2. The molecule has 0 spiro atoms. The van der Waals surface area contributed by atoms with Crippen LogP contribution in [0.25, 0.3) is 0 Å². The molecule has 3 amide bonds. The molecule has 0 aliphatic carbocycles. The molecule has 1 aliphatic rings. The van der Waals surface area contributed by atoms with Crippen molar-refractivity contribution in [2.45, 2.75) is 0 Å². The first-order valence-corrected chi connectivity index (χ1v) is 9.10. The van der Waals surface area contributed by atoms with Gasteiger partial charge in [0.2, 0.25) is 6.79 Å². The molecule has 0 fully saturated rings. The van der Waals surface area contributed by atoms with Crippen molar-refractivity contribution in [3.05, 3.63) is 77.3 Å². The van der Waals surface area contributed by atoms with Crippen molar-refractivity contribution < 1.29 is 19.1 Å². The molecule has 0 bridgehead atoms. The number of halogens is 1. The van der Waals surface area contributed by atoms with Crippen LogP contribution in [0.1, 0.15) is 10.4 Å². The lowest BCUT2D eigenvalue weighted by atomic mass is 10.1. The summed E-state index contributed by atoms with van der Waals surface area (Å²) in [7, 11) is 0. The molecular weight excluding hydrogens is 394 g/mol. The van der Waals surface area contributed by atoms with E-state index in [0.717, 1.165) is 0 Å². The van der Waals surface area contributed by atoms with E-state index in [9.17, 15) is 9.59 Å². The number of fused-ring (bicyclic) bond motifs is 1. The Balaban J connectivity index is 1.43. The van der Waals surface area contributed by atoms with Gasteiger partial charge in [0.15, 0.2) is 11.5 Å². The molecule has 29 heavy (non-hydrogen) atoms. The third kappa shape index (κ3) is 4.41. The number of amides is 3.